The molecule has 0 bridgehead atoms. The second-order valence-electron chi connectivity index (χ2n) is 4.77. The van der Waals surface area contributed by atoms with Crippen LogP contribution in [0, 0.1) is 18.8 Å². The van der Waals surface area contributed by atoms with Crippen molar-refractivity contribution < 1.29 is 4.74 Å². The Hall–Kier alpha value is -0.980. The molecule has 0 fully saturated rings. The van der Waals surface area contributed by atoms with E-state index in [0.717, 1.165) is 28.8 Å². The van der Waals surface area contributed by atoms with E-state index in [4.69, 9.17) is 4.74 Å². The molecule has 0 atom stereocenters. The Kier molecular flexibility index (Phi) is 6.97. The number of aryl methyl sites for hydroxylation is 1. The first kappa shape index (κ1) is 16.1. The van der Waals surface area contributed by atoms with E-state index >= 15 is 0 Å². The van der Waals surface area contributed by atoms with Gasteiger partial charge in [-0.15, -0.1) is 11.8 Å². The maximum atomic E-state index is 5.89. The van der Waals surface area contributed by atoms with E-state index in [9.17, 15) is 0 Å². The normalized spacial score (nSPS) is 10.2. The van der Waals surface area contributed by atoms with Crippen LogP contribution >= 0.6 is 15.9 Å². The van der Waals surface area contributed by atoms with Crippen LogP contribution in [0.25, 0.3) is 0 Å². The fourth-order valence-electron chi connectivity index (χ4n) is 1.78. The summed E-state index contributed by atoms with van der Waals surface area (Å²) in [4.78, 5) is 0. The number of benzene rings is 1. The molecular weight excluding hydrogens is 302 g/mol. The molecule has 0 spiro atoms. The molecule has 1 aromatic carbocycles. The van der Waals surface area contributed by atoms with Crippen molar-refractivity contribution in [3.63, 3.8) is 0 Å². The molecule has 0 heterocycles. The lowest BCUT2D eigenvalue weighted by molar-refractivity contribution is 0.320. The second-order valence-corrected chi connectivity index (χ2v) is 5.69. The minimum absolute atomic E-state index is 0.457. The smallest absolute Gasteiger partial charge is 0.126 e. The number of ether oxygens (including phenoxy) is 1. The SMILES string of the molecule is CC#CCCOc1c(C)cc(Br)cc1CNC(C)C. The molecule has 1 N–H and O–H groups in total. The fraction of sp³-hybridized carbons (Fsp3) is 0.500. The average Bonchev–Trinajstić information content (AvgIpc) is 2.34. The topological polar surface area (TPSA) is 21.3 Å². The van der Waals surface area contributed by atoms with Crippen LogP contribution in [-0.4, -0.2) is 12.6 Å². The minimum atomic E-state index is 0.457. The van der Waals surface area contributed by atoms with Gasteiger partial charge in [0.15, 0.2) is 0 Å². The Morgan fingerprint density at radius 2 is 2.11 bits per heavy atom. The summed E-state index contributed by atoms with van der Waals surface area (Å²) >= 11 is 3.54. The van der Waals surface area contributed by atoms with Gasteiger partial charge in [-0.25, -0.2) is 0 Å². The van der Waals surface area contributed by atoms with Crippen molar-refractivity contribution in [1.29, 1.82) is 0 Å². The number of nitrogens with one attached hydrogen (secondary N) is 1. The molecule has 2 nitrogen and oxygen atoms in total. The fourth-order valence-corrected chi connectivity index (χ4v) is 2.40. The quantitative estimate of drug-likeness (QED) is 0.630. The summed E-state index contributed by atoms with van der Waals surface area (Å²) in [7, 11) is 0. The van der Waals surface area contributed by atoms with E-state index < -0.39 is 0 Å². The Labute approximate surface area is 125 Å². The van der Waals surface area contributed by atoms with Crippen molar-refractivity contribution in [2.75, 3.05) is 6.61 Å². The third kappa shape index (κ3) is 5.67. The highest BCUT2D eigenvalue weighted by Gasteiger charge is 2.09. The molecule has 0 amide bonds. The predicted molar refractivity (Wildman–Crippen MR) is 84.4 cm³/mol. The highest BCUT2D eigenvalue weighted by Crippen LogP contribution is 2.28. The zero-order chi connectivity index (χ0) is 14.3. The maximum absolute atomic E-state index is 5.89. The van der Waals surface area contributed by atoms with Gasteiger partial charge in [-0.1, -0.05) is 29.8 Å². The second kappa shape index (κ2) is 8.24. The average molecular weight is 324 g/mol. The van der Waals surface area contributed by atoms with E-state index in [1.165, 1.54) is 5.56 Å². The van der Waals surface area contributed by atoms with Crippen LogP contribution in [0.2, 0.25) is 0 Å². The summed E-state index contributed by atoms with van der Waals surface area (Å²) in [5.41, 5.74) is 2.34. The Bertz CT molecular complexity index is 472. The van der Waals surface area contributed by atoms with Gasteiger partial charge in [0.1, 0.15) is 5.75 Å². The lowest BCUT2D eigenvalue weighted by Crippen LogP contribution is -2.22. The third-order valence-corrected chi connectivity index (χ3v) is 3.13. The molecule has 19 heavy (non-hydrogen) atoms. The zero-order valence-corrected chi connectivity index (χ0v) is 13.7. The lowest BCUT2D eigenvalue weighted by Gasteiger charge is -2.16. The van der Waals surface area contributed by atoms with Crippen molar-refractivity contribution in [2.24, 2.45) is 0 Å². The van der Waals surface area contributed by atoms with Crippen molar-refractivity contribution in [3.05, 3.63) is 27.7 Å². The third-order valence-electron chi connectivity index (χ3n) is 2.67. The predicted octanol–water partition coefficient (Wildman–Crippen LogP) is 4.05. The molecule has 104 valence electrons. The van der Waals surface area contributed by atoms with Gasteiger partial charge in [0, 0.05) is 29.0 Å². The van der Waals surface area contributed by atoms with Crippen LogP contribution in [0.4, 0.5) is 0 Å². The first-order valence-electron chi connectivity index (χ1n) is 6.59. The van der Waals surface area contributed by atoms with Crippen LogP contribution in [0.1, 0.15) is 38.3 Å². The Morgan fingerprint density at radius 3 is 2.74 bits per heavy atom. The van der Waals surface area contributed by atoms with Crippen LogP contribution in [0.3, 0.4) is 0 Å². The molecule has 0 aliphatic carbocycles. The van der Waals surface area contributed by atoms with Crippen LogP contribution in [0.5, 0.6) is 5.75 Å². The van der Waals surface area contributed by atoms with Crippen LogP contribution in [0.15, 0.2) is 16.6 Å². The van der Waals surface area contributed by atoms with Crippen molar-refractivity contribution in [1.82, 2.24) is 5.32 Å². The number of hydrogen-bond acceptors (Lipinski definition) is 2. The zero-order valence-electron chi connectivity index (χ0n) is 12.1. The van der Waals surface area contributed by atoms with Gasteiger partial charge in [-0.3, -0.25) is 0 Å². The number of halogens is 1. The first-order chi connectivity index (χ1) is 9.04. The summed E-state index contributed by atoms with van der Waals surface area (Å²) in [6.07, 6.45) is 0.767. The number of rotatable bonds is 6. The van der Waals surface area contributed by atoms with E-state index in [2.05, 4.69) is 66.0 Å². The van der Waals surface area contributed by atoms with Gasteiger partial charge in [-0.2, -0.15) is 0 Å². The molecular formula is C16H22BrNO. The molecule has 0 aromatic heterocycles. The molecule has 0 saturated carbocycles. The lowest BCUT2D eigenvalue weighted by atomic mass is 10.1. The first-order valence-corrected chi connectivity index (χ1v) is 7.38. The minimum Gasteiger partial charge on any atom is -0.492 e. The molecule has 0 aliphatic heterocycles. The molecule has 0 unspecified atom stereocenters. The van der Waals surface area contributed by atoms with E-state index in [1.54, 1.807) is 0 Å². The van der Waals surface area contributed by atoms with Crippen molar-refractivity contribution in [3.8, 4) is 17.6 Å². The van der Waals surface area contributed by atoms with Gasteiger partial charge in [-0.05, 0) is 31.5 Å². The van der Waals surface area contributed by atoms with Crippen molar-refractivity contribution >= 4 is 15.9 Å². The maximum Gasteiger partial charge on any atom is 0.126 e. The Morgan fingerprint density at radius 1 is 1.37 bits per heavy atom. The van der Waals surface area contributed by atoms with Crippen LogP contribution in [-0.2, 0) is 6.54 Å². The molecule has 0 saturated heterocycles. The molecule has 0 aliphatic rings. The van der Waals surface area contributed by atoms with Gasteiger partial charge < -0.3 is 10.1 Å². The number of hydrogen-bond donors (Lipinski definition) is 1. The van der Waals surface area contributed by atoms with E-state index in [0.29, 0.717) is 12.6 Å². The van der Waals surface area contributed by atoms with Crippen molar-refractivity contribution in [2.45, 2.75) is 46.7 Å². The van der Waals surface area contributed by atoms with E-state index in [-0.39, 0.29) is 0 Å². The Balaban J connectivity index is 2.82. The van der Waals surface area contributed by atoms with Gasteiger partial charge in [0.05, 0.1) is 6.61 Å². The summed E-state index contributed by atoms with van der Waals surface area (Å²) in [6, 6.07) is 4.65. The summed E-state index contributed by atoms with van der Waals surface area (Å²) in [6.45, 7) is 9.66. The monoisotopic (exact) mass is 323 g/mol. The molecule has 1 aromatic rings. The van der Waals surface area contributed by atoms with Gasteiger partial charge >= 0.3 is 0 Å². The molecule has 3 heteroatoms. The van der Waals surface area contributed by atoms with E-state index in [1.807, 2.05) is 6.92 Å². The summed E-state index contributed by atoms with van der Waals surface area (Å²) in [5, 5.41) is 3.43. The summed E-state index contributed by atoms with van der Waals surface area (Å²) in [5.74, 6) is 6.88. The van der Waals surface area contributed by atoms with Crippen LogP contribution < -0.4 is 10.1 Å². The summed E-state index contributed by atoms with van der Waals surface area (Å²) < 4.78 is 6.98. The highest BCUT2D eigenvalue weighted by molar-refractivity contribution is 9.10. The standard InChI is InChI=1S/C16H22BrNO/c1-5-6-7-8-19-16-13(4)9-15(17)10-14(16)11-18-12(2)3/h9-10,12,18H,7-8,11H2,1-4H3. The van der Waals surface area contributed by atoms with Gasteiger partial charge in [0.2, 0.25) is 0 Å². The largest absolute Gasteiger partial charge is 0.492 e. The van der Waals surface area contributed by atoms with Gasteiger partial charge in [0.25, 0.3) is 0 Å². The molecule has 0 radical (unpaired) electrons. The molecule has 1 rings (SSSR count). The highest BCUT2D eigenvalue weighted by atomic mass is 79.9.